The molecule has 120 valence electrons. The van der Waals surface area contributed by atoms with E-state index in [0.29, 0.717) is 5.56 Å². The van der Waals surface area contributed by atoms with Gasteiger partial charge in [-0.15, -0.1) is 0 Å². The third-order valence-electron chi connectivity index (χ3n) is 3.99. The van der Waals surface area contributed by atoms with Gasteiger partial charge in [-0.05, 0) is 38.4 Å². The van der Waals surface area contributed by atoms with Gasteiger partial charge in [-0.3, -0.25) is 9.69 Å². The summed E-state index contributed by atoms with van der Waals surface area (Å²) in [6.45, 7) is 4.00. The molecule has 1 amide bonds. The van der Waals surface area contributed by atoms with E-state index < -0.39 is 12.0 Å². The van der Waals surface area contributed by atoms with Crippen molar-refractivity contribution in [2.75, 3.05) is 19.6 Å². The Morgan fingerprint density at radius 3 is 2.50 bits per heavy atom. The first-order valence-electron chi connectivity index (χ1n) is 7.87. The van der Waals surface area contributed by atoms with Crippen LogP contribution in [0.3, 0.4) is 0 Å². The van der Waals surface area contributed by atoms with Crippen molar-refractivity contribution >= 4 is 11.9 Å². The Bertz CT molecular complexity index is 522. The molecule has 0 unspecified atom stereocenters. The molecule has 0 radical (unpaired) electrons. The molecule has 0 aromatic heterocycles. The molecule has 1 aromatic rings. The molecule has 1 atom stereocenters. The summed E-state index contributed by atoms with van der Waals surface area (Å²) in [5.41, 5.74) is 1.59. The Kier molecular flexibility index (Phi) is 5.95. The minimum Gasteiger partial charge on any atom is -0.479 e. The number of carboxylic acids is 1. The van der Waals surface area contributed by atoms with Crippen molar-refractivity contribution in [2.45, 2.75) is 38.6 Å². The molecule has 2 N–H and O–H groups in total. The summed E-state index contributed by atoms with van der Waals surface area (Å²) in [5, 5.41) is 12.0. The number of aliphatic carboxylic acids is 1. The monoisotopic (exact) mass is 304 g/mol. The van der Waals surface area contributed by atoms with E-state index in [0.717, 1.165) is 31.5 Å². The highest BCUT2D eigenvalue weighted by Gasteiger charge is 2.23. The van der Waals surface area contributed by atoms with E-state index in [9.17, 15) is 14.7 Å². The largest absolute Gasteiger partial charge is 0.479 e. The van der Waals surface area contributed by atoms with Gasteiger partial charge in [0, 0.05) is 0 Å². The molecule has 0 spiro atoms. The maximum Gasteiger partial charge on any atom is 0.330 e. The second kappa shape index (κ2) is 7.94. The summed E-state index contributed by atoms with van der Waals surface area (Å²) in [6, 6.07) is 6.26. The lowest BCUT2D eigenvalue weighted by atomic mass is 10.0. The normalized spacial score (nSPS) is 17.5. The maximum absolute atomic E-state index is 12.2. The van der Waals surface area contributed by atoms with Crippen molar-refractivity contribution in [3.63, 3.8) is 0 Å². The van der Waals surface area contributed by atoms with Crippen LogP contribution in [0.25, 0.3) is 0 Å². The van der Waals surface area contributed by atoms with E-state index in [1.807, 2.05) is 19.1 Å². The van der Waals surface area contributed by atoms with Gasteiger partial charge in [-0.2, -0.15) is 0 Å². The third-order valence-corrected chi connectivity index (χ3v) is 3.99. The molecule has 1 fully saturated rings. The number of benzene rings is 1. The molecular weight excluding hydrogens is 280 g/mol. The van der Waals surface area contributed by atoms with Crippen molar-refractivity contribution in [2.24, 2.45) is 0 Å². The van der Waals surface area contributed by atoms with Crippen molar-refractivity contribution in [1.82, 2.24) is 10.2 Å². The topological polar surface area (TPSA) is 69.6 Å². The highest BCUT2D eigenvalue weighted by Crippen LogP contribution is 2.15. The number of nitrogens with zero attached hydrogens (tertiary/aromatic N) is 1. The number of likely N-dealkylation sites (tertiary alicyclic amines) is 1. The summed E-state index contributed by atoms with van der Waals surface area (Å²) < 4.78 is 0. The number of aryl methyl sites for hydroxylation is 1. The fourth-order valence-electron chi connectivity index (χ4n) is 2.84. The predicted octanol–water partition coefficient (Wildman–Crippen LogP) is 2.11. The molecule has 1 aliphatic heterocycles. The molecule has 2 rings (SSSR count). The average molecular weight is 304 g/mol. The molecule has 1 saturated heterocycles. The van der Waals surface area contributed by atoms with Gasteiger partial charge >= 0.3 is 5.97 Å². The van der Waals surface area contributed by atoms with Gasteiger partial charge in [-0.1, -0.05) is 42.7 Å². The predicted molar refractivity (Wildman–Crippen MR) is 84.6 cm³/mol. The number of amides is 1. The number of rotatable bonds is 5. The van der Waals surface area contributed by atoms with Gasteiger partial charge in [0.2, 0.25) is 5.91 Å². The van der Waals surface area contributed by atoms with Gasteiger partial charge in [-0.25, -0.2) is 4.79 Å². The molecule has 0 saturated carbocycles. The minimum atomic E-state index is -1.03. The highest BCUT2D eigenvalue weighted by atomic mass is 16.4. The van der Waals surface area contributed by atoms with E-state index >= 15 is 0 Å². The van der Waals surface area contributed by atoms with Crippen LogP contribution in [0.4, 0.5) is 0 Å². The van der Waals surface area contributed by atoms with E-state index in [4.69, 9.17) is 0 Å². The molecule has 1 aliphatic rings. The molecule has 5 nitrogen and oxygen atoms in total. The second-order valence-corrected chi connectivity index (χ2v) is 5.94. The van der Waals surface area contributed by atoms with Crippen molar-refractivity contribution in [3.05, 3.63) is 35.4 Å². The van der Waals surface area contributed by atoms with Crippen LogP contribution in [-0.2, 0) is 9.59 Å². The Labute approximate surface area is 131 Å². The van der Waals surface area contributed by atoms with E-state index in [2.05, 4.69) is 10.2 Å². The molecule has 0 aliphatic carbocycles. The summed E-state index contributed by atoms with van der Waals surface area (Å²) in [4.78, 5) is 25.8. The molecular formula is C17H24N2O3. The van der Waals surface area contributed by atoms with Gasteiger partial charge in [0.1, 0.15) is 0 Å². The summed E-state index contributed by atoms with van der Waals surface area (Å²) in [6.07, 6.45) is 4.62. The van der Waals surface area contributed by atoms with Crippen LogP contribution in [0.2, 0.25) is 0 Å². The van der Waals surface area contributed by atoms with Gasteiger partial charge in [0.15, 0.2) is 6.04 Å². The maximum atomic E-state index is 12.2. The van der Waals surface area contributed by atoms with E-state index in [1.54, 1.807) is 12.1 Å². The zero-order chi connectivity index (χ0) is 15.9. The van der Waals surface area contributed by atoms with Gasteiger partial charge in [0.25, 0.3) is 0 Å². The summed E-state index contributed by atoms with van der Waals surface area (Å²) >= 11 is 0. The highest BCUT2D eigenvalue weighted by molar-refractivity contribution is 5.85. The van der Waals surface area contributed by atoms with Crippen molar-refractivity contribution in [3.8, 4) is 0 Å². The van der Waals surface area contributed by atoms with Gasteiger partial charge in [0.05, 0.1) is 6.54 Å². The first-order valence-corrected chi connectivity index (χ1v) is 7.87. The number of carboxylic acid groups (broad SMARTS) is 1. The van der Waals surface area contributed by atoms with Crippen LogP contribution >= 0.6 is 0 Å². The second-order valence-electron chi connectivity index (χ2n) is 5.94. The lowest BCUT2D eigenvalue weighted by molar-refractivity contribution is -0.142. The van der Waals surface area contributed by atoms with Crippen LogP contribution in [0.5, 0.6) is 0 Å². The minimum absolute atomic E-state index is 0.226. The SMILES string of the molecule is Cc1cccc([C@@H](NC(=O)CN2CCCCCC2)C(=O)O)c1. The van der Waals surface area contributed by atoms with E-state index in [1.165, 1.54) is 12.8 Å². The van der Waals surface area contributed by atoms with Crippen LogP contribution in [-0.4, -0.2) is 41.5 Å². The average Bonchev–Trinajstić information content (AvgIpc) is 2.73. The fraction of sp³-hybridized carbons (Fsp3) is 0.529. The number of hydrogen-bond acceptors (Lipinski definition) is 3. The van der Waals surface area contributed by atoms with Crippen LogP contribution < -0.4 is 5.32 Å². The lowest BCUT2D eigenvalue weighted by Crippen LogP contribution is -2.41. The number of hydrogen-bond donors (Lipinski definition) is 2. The van der Waals surface area contributed by atoms with Crippen molar-refractivity contribution < 1.29 is 14.7 Å². The first-order chi connectivity index (χ1) is 10.6. The molecule has 1 aromatic carbocycles. The molecule has 1 heterocycles. The first kappa shape index (κ1) is 16.5. The fourth-order valence-corrected chi connectivity index (χ4v) is 2.84. The third kappa shape index (κ3) is 4.84. The Hall–Kier alpha value is -1.88. The molecule has 22 heavy (non-hydrogen) atoms. The summed E-state index contributed by atoms with van der Waals surface area (Å²) in [5.74, 6) is -1.26. The van der Waals surface area contributed by atoms with Crippen LogP contribution in [0, 0.1) is 6.92 Å². The van der Waals surface area contributed by atoms with Crippen molar-refractivity contribution in [1.29, 1.82) is 0 Å². The Morgan fingerprint density at radius 1 is 1.23 bits per heavy atom. The Morgan fingerprint density at radius 2 is 1.91 bits per heavy atom. The zero-order valence-corrected chi connectivity index (χ0v) is 13.0. The quantitative estimate of drug-likeness (QED) is 0.874. The lowest BCUT2D eigenvalue weighted by Gasteiger charge is -2.21. The number of carbonyl (C=O) groups excluding carboxylic acids is 1. The van der Waals surface area contributed by atoms with Gasteiger partial charge < -0.3 is 10.4 Å². The standard InChI is InChI=1S/C17H24N2O3/c1-13-7-6-8-14(11-13)16(17(21)22)18-15(20)12-19-9-4-2-3-5-10-19/h6-8,11,16H,2-5,9-10,12H2,1H3,(H,18,20)(H,21,22)/t16-/m1/s1. The van der Waals surface area contributed by atoms with E-state index in [-0.39, 0.29) is 12.5 Å². The summed E-state index contributed by atoms with van der Waals surface area (Å²) in [7, 11) is 0. The smallest absolute Gasteiger partial charge is 0.330 e. The zero-order valence-electron chi connectivity index (χ0n) is 13.0. The number of carbonyl (C=O) groups is 2. The molecule has 5 heteroatoms. The van der Waals surface area contributed by atoms with Crippen LogP contribution in [0.1, 0.15) is 42.9 Å². The molecule has 0 bridgehead atoms. The Balaban J connectivity index is 1.98. The van der Waals surface area contributed by atoms with Crippen LogP contribution in [0.15, 0.2) is 24.3 Å². The number of nitrogens with one attached hydrogen (secondary N) is 1.